The lowest BCUT2D eigenvalue weighted by Crippen LogP contribution is -2.24. The van der Waals surface area contributed by atoms with Crippen molar-refractivity contribution in [2.75, 3.05) is 13.1 Å². The second-order valence-electron chi connectivity index (χ2n) is 4.77. The van der Waals surface area contributed by atoms with Gasteiger partial charge in [0.25, 0.3) is 0 Å². The second kappa shape index (κ2) is 6.50. The molecule has 0 aromatic heterocycles. The third-order valence-electron chi connectivity index (χ3n) is 3.38. The Hall–Kier alpha value is -1.42. The van der Waals surface area contributed by atoms with E-state index in [9.17, 15) is 9.18 Å². The van der Waals surface area contributed by atoms with Crippen LogP contribution in [0.2, 0.25) is 0 Å². The average Bonchev–Trinajstić information content (AvgIpc) is 2.88. The molecule has 1 unspecified atom stereocenters. The van der Waals surface area contributed by atoms with Crippen LogP contribution >= 0.6 is 0 Å². The molecule has 1 heterocycles. The number of carbonyl (C=O) groups is 1. The maximum Gasteiger partial charge on any atom is 0.220 e. The van der Waals surface area contributed by atoms with Crippen molar-refractivity contribution in [3.05, 3.63) is 35.6 Å². The number of amides is 1. The van der Waals surface area contributed by atoms with Gasteiger partial charge in [-0.1, -0.05) is 18.2 Å². The molecular formula is C14H19FN2O. The summed E-state index contributed by atoms with van der Waals surface area (Å²) in [5, 5.41) is 6.04. The maximum atomic E-state index is 13.3. The molecule has 1 atom stereocenters. The lowest BCUT2D eigenvalue weighted by Gasteiger charge is -2.09. The highest BCUT2D eigenvalue weighted by atomic mass is 19.1. The van der Waals surface area contributed by atoms with Crippen LogP contribution < -0.4 is 10.6 Å². The standard InChI is InChI=1S/C14H19FN2O/c15-13-4-2-1-3-12(13)10-17-14(18)6-5-11-7-8-16-9-11/h1-4,11,16H,5-10H2,(H,17,18). The summed E-state index contributed by atoms with van der Waals surface area (Å²) < 4.78 is 13.3. The third-order valence-corrected chi connectivity index (χ3v) is 3.38. The molecule has 0 saturated carbocycles. The zero-order valence-electron chi connectivity index (χ0n) is 10.4. The minimum absolute atomic E-state index is 0.00477. The molecule has 2 rings (SSSR count). The predicted molar refractivity (Wildman–Crippen MR) is 68.5 cm³/mol. The van der Waals surface area contributed by atoms with Crippen molar-refractivity contribution >= 4 is 5.91 Å². The molecule has 0 aliphatic carbocycles. The van der Waals surface area contributed by atoms with Crippen LogP contribution in [0, 0.1) is 11.7 Å². The molecule has 2 N–H and O–H groups in total. The maximum absolute atomic E-state index is 13.3. The Balaban J connectivity index is 1.69. The van der Waals surface area contributed by atoms with Gasteiger partial charge in [-0.05, 0) is 37.9 Å². The number of carbonyl (C=O) groups excluding carboxylic acids is 1. The van der Waals surface area contributed by atoms with Crippen molar-refractivity contribution < 1.29 is 9.18 Å². The first-order chi connectivity index (χ1) is 8.75. The molecule has 98 valence electrons. The molecule has 4 heteroatoms. The molecule has 1 aromatic rings. The monoisotopic (exact) mass is 250 g/mol. The van der Waals surface area contributed by atoms with E-state index in [-0.39, 0.29) is 18.3 Å². The number of rotatable bonds is 5. The zero-order valence-corrected chi connectivity index (χ0v) is 10.4. The Bertz CT molecular complexity index is 403. The largest absolute Gasteiger partial charge is 0.352 e. The van der Waals surface area contributed by atoms with Crippen LogP contribution in [-0.4, -0.2) is 19.0 Å². The summed E-state index contributed by atoms with van der Waals surface area (Å²) in [7, 11) is 0. The fourth-order valence-electron chi connectivity index (χ4n) is 2.22. The normalized spacial score (nSPS) is 18.8. The number of nitrogens with one attached hydrogen (secondary N) is 2. The van der Waals surface area contributed by atoms with Gasteiger partial charge >= 0.3 is 0 Å². The van der Waals surface area contributed by atoms with Crippen molar-refractivity contribution in [1.29, 1.82) is 0 Å². The van der Waals surface area contributed by atoms with Gasteiger partial charge in [-0.15, -0.1) is 0 Å². The average molecular weight is 250 g/mol. The van der Waals surface area contributed by atoms with E-state index in [4.69, 9.17) is 0 Å². The smallest absolute Gasteiger partial charge is 0.220 e. The van der Waals surface area contributed by atoms with Crippen LogP contribution in [-0.2, 0) is 11.3 Å². The molecule has 1 amide bonds. The number of benzene rings is 1. The number of halogens is 1. The first-order valence-electron chi connectivity index (χ1n) is 6.46. The Morgan fingerprint density at radius 1 is 1.44 bits per heavy atom. The second-order valence-corrected chi connectivity index (χ2v) is 4.77. The van der Waals surface area contributed by atoms with Crippen LogP contribution in [0.15, 0.2) is 24.3 Å². The zero-order chi connectivity index (χ0) is 12.8. The summed E-state index contributed by atoms with van der Waals surface area (Å²) >= 11 is 0. The summed E-state index contributed by atoms with van der Waals surface area (Å²) in [5.41, 5.74) is 0.536. The summed E-state index contributed by atoms with van der Waals surface area (Å²) in [4.78, 5) is 11.6. The van der Waals surface area contributed by atoms with E-state index in [0.29, 0.717) is 17.9 Å². The van der Waals surface area contributed by atoms with Crippen molar-refractivity contribution in [3.8, 4) is 0 Å². The van der Waals surface area contributed by atoms with Gasteiger partial charge in [0, 0.05) is 18.5 Å². The van der Waals surface area contributed by atoms with E-state index in [1.165, 1.54) is 6.07 Å². The van der Waals surface area contributed by atoms with Crippen LogP contribution in [0.3, 0.4) is 0 Å². The van der Waals surface area contributed by atoms with Crippen LogP contribution in [0.5, 0.6) is 0 Å². The highest BCUT2D eigenvalue weighted by molar-refractivity contribution is 5.75. The number of hydrogen-bond acceptors (Lipinski definition) is 2. The first kappa shape index (κ1) is 13.0. The van der Waals surface area contributed by atoms with E-state index in [0.717, 1.165) is 25.9 Å². The highest BCUT2D eigenvalue weighted by Crippen LogP contribution is 2.14. The summed E-state index contributed by atoms with van der Waals surface area (Å²) in [6.45, 7) is 2.34. The fourth-order valence-corrected chi connectivity index (χ4v) is 2.22. The van der Waals surface area contributed by atoms with E-state index >= 15 is 0 Å². The molecule has 1 fully saturated rings. The summed E-state index contributed by atoms with van der Waals surface area (Å²) in [5.74, 6) is 0.354. The van der Waals surface area contributed by atoms with Crippen molar-refractivity contribution in [2.24, 2.45) is 5.92 Å². The highest BCUT2D eigenvalue weighted by Gasteiger charge is 2.15. The van der Waals surface area contributed by atoms with Gasteiger partial charge in [-0.3, -0.25) is 4.79 Å². The Morgan fingerprint density at radius 3 is 3.00 bits per heavy atom. The van der Waals surface area contributed by atoms with Gasteiger partial charge in [-0.25, -0.2) is 4.39 Å². The van der Waals surface area contributed by atoms with Gasteiger partial charge in [0.15, 0.2) is 0 Å². The van der Waals surface area contributed by atoms with E-state index < -0.39 is 0 Å². The molecule has 0 spiro atoms. The number of hydrogen-bond donors (Lipinski definition) is 2. The Labute approximate surface area is 107 Å². The van der Waals surface area contributed by atoms with Crippen LogP contribution in [0.25, 0.3) is 0 Å². The summed E-state index contributed by atoms with van der Waals surface area (Å²) in [6.07, 6.45) is 2.59. The van der Waals surface area contributed by atoms with E-state index in [1.54, 1.807) is 18.2 Å². The van der Waals surface area contributed by atoms with Gasteiger partial charge in [0.1, 0.15) is 5.82 Å². The Kier molecular flexibility index (Phi) is 4.70. The predicted octanol–water partition coefficient (Wildman–Crippen LogP) is 1.83. The SMILES string of the molecule is O=C(CCC1CCNC1)NCc1ccccc1F. The molecule has 0 radical (unpaired) electrons. The topological polar surface area (TPSA) is 41.1 Å². The fraction of sp³-hybridized carbons (Fsp3) is 0.500. The first-order valence-corrected chi connectivity index (χ1v) is 6.46. The summed E-state index contributed by atoms with van der Waals surface area (Å²) in [6, 6.07) is 6.52. The molecule has 1 saturated heterocycles. The van der Waals surface area contributed by atoms with Gasteiger partial charge < -0.3 is 10.6 Å². The van der Waals surface area contributed by atoms with Gasteiger partial charge in [-0.2, -0.15) is 0 Å². The van der Waals surface area contributed by atoms with Gasteiger partial charge in [0.05, 0.1) is 0 Å². The van der Waals surface area contributed by atoms with Crippen molar-refractivity contribution in [2.45, 2.75) is 25.8 Å². The minimum Gasteiger partial charge on any atom is -0.352 e. The molecule has 1 aliphatic heterocycles. The molecule has 1 aliphatic rings. The van der Waals surface area contributed by atoms with Gasteiger partial charge in [0.2, 0.25) is 5.91 Å². The van der Waals surface area contributed by atoms with E-state index in [2.05, 4.69) is 10.6 Å². The molecule has 3 nitrogen and oxygen atoms in total. The Morgan fingerprint density at radius 2 is 2.28 bits per heavy atom. The lowest BCUT2D eigenvalue weighted by atomic mass is 10.0. The molecule has 1 aromatic carbocycles. The lowest BCUT2D eigenvalue weighted by molar-refractivity contribution is -0.121. The van der Waals surface area contributed by atoms with E-state index in [1.807, 2.05) is 0 Å². The van der Waals surface area contributed by atoms with Crippen LogP contribution in [0.1, 0.15) is 24.8 Å². The quantitative estimate of drug-likeness (QED) is 0.837. The minimum atomic E-state index is -0.266. The van der Waals surface area contributed by atoms with Crippen molar-refractivity contribution in [1.82, 2.24) is 10.6 Å². The van der Waals surface area contributed by atoms with Crippen LogP contribution in [0.4, 0.5) is 4.39 Å². The molecule has 0 bridgehead atoms. The molecular weight excluding hydrogens is 231 g/mol. The molecule has 18 heavy (non-hydrogen) atoms. The van der Waals surface area contributed by atoms with Crippen molar-refractivity contribution in [3.63, 3.8) is 0 Å². The third kappa shape index (κ3) is 3.81.